The molecule has 1 N–H and O–H groups in total. The highest BCUT2D eigenvalue weighted by molar-refractivity contribution is 5.91. The summed E-state index contributed by atoms with van der Waals surface area (Å²) < 4.78 is 18.2. The van der Waals surface area contributed by atoms with Crippen LogP contribution in [0.1, 0.15) is 10.4 Å². The summed E-state index contributed by atoms with van der Waals surface area (Å²) in [4.78, 5) is 12.0. The Morgan fingerprint density at radius 3 is 1.87 bits per heavy atom. The molecular weight excluding hydrogens is 295 g/mol. The quantitative estimate of drug-likeness (QED) is 0.575. The van der Waals surface area contributed by atoms with Crippen molar-refractivity contribution in [3.05, 3.63) is 84.2 Å². The zero-order valence-corrected chi connectivity index (χ0v) is 12.1. The predicted octanol–water partition coefficient (Wildman–Crippen LogP) is 4.42. The van der Waals surface area contributed by atoms with Crippen LogP contribution in [0.25, 0.3) is 11.1 Å². The van der Waals surface area contributed by atoms with Crippen molar-refractivity contribution in [1.29, 1.82) is 0 Å². The van der Waals surface area contributed by atoms with Crippen molar-refractivity contribution >= 4 is 5.97 Å². The van der Waals surface area contributed by atoms with Crippen LogP contribution in [0.3, 0.4) is 0 Å². The Morgan fingerprint density at radius 1 is 0.783 bits per heavy atom. The molecule has 0 fully saturated rings. The second-order valence-corrected chi connectivity index (χ2v) is 4.97. The second-order valence-electron chi connectivity index (χ2n) is 4.97. The van der Waals surface area contributed by atoms with Gasteiger partial charge in [0.1, 0.15) is 17.3 Å². The van der Waals surface area contributed by atoms with Gasteiger partial charge in [0.2, 0.25) is 0 Å². The maximum absolute atomic E-state index is 12.9. The number of hydrogen-bond acceptors (Lipinski definition) is 3. The molecule has 114 valence electrons. The molecule has 0 aliphatic heterocycles. The van der Waals surface area contributed by atoms with E-state index in [4.69, 9.17) is 4.74 Å². The Morgan fingerprint density at radius 2 is 1.30 bits per heavy atom. The molecule has 0 aromatic heterocycles. The molecule has 0 saturated carbocycles. The lowest BCUT2D eigenvalue weighted by molar-refractivity contribution is 0.0735. The summed E-state index contributed by atoms with van der Waals surface area (Å²) in [6.07, 6.45) is 0. The van der Waals surface area contributed by atoms with E-state index in [2.05, 4.69) is 0 Å². The molecule has 0 aliphatic rings. The van der Waals surface area contributed by atoms with Crippen LogP contribution in [0.5, 0.6) is 11.5 Å². The zero-order valence-electron chi connectivity index (χ0n) is 12.1. The van der Waals surface area contributed by atoms with Gasteiger partial charge in [-0.3, -0.25) is 0 Å². The lowest BCUT2D eigenvalue weighted by atomic mass is 10.1. The SMILES string of the molecule is O=C(Oc1ccc(-c2ccc(F)cc2)cc1)c1ccc(O)cc1. The minimum absolute atomic E-state index is 0.0881. The van der Waals surface area contributed by atoms with Gasteiger partial charge < -0.3 is 9.84 Å². The van der Waals surface area contributed by atoms with Gasteiger partial charge in [-0.05, 0) is 59.7 Å². The average molecular weight is 308 g/mol. The monoisotopic (exact) mass is 308 g/mol. The number of esters is 1. The first-order valence-corrected chi connectivity index (χ1v) is 6.99. The van der Waals surface area contributed by atoms with Gasteiger partial charge in [0.15, 0.2) is 0 Å². The van der Waals surface area contributed by atoms with Gasteiger partial charge in [-0.25, -0.2) is 9.18 Å². The van der Waals surface area contributed by atoms with Gasteiger partial charge in [0.25, 0.3) is 0 Å². The van der Waals surface area contributed by atoms with Crippen molar-refractivity contribution < 1.29 is 19.0 Å². The first-order chi connectivity index (χ1) is 11.1. The second kappa shape index (κ2) is 6.32. The summed E-state index contributed by atoms with van der Waals surface area (Å²) in [5.41, 5.74) is 2.13. The van der Waals surface area contributed by atoms with E-state index in [0.717, 1.165) is 11.1 Å². The van der Waals surface area contributed by atoms with Crippen molar-refractivity contribution in [2.75, 3.05) is 0 Å². The molecule has 3 nitrogen and oxygen atoms in total. The summed E-state index contributed by atoms with van der Waals surface area (Å²) in [5.74, 6) is -0.285. The number of rotatable bonds is 3. The highest BCUT2D eigenvalue weighted by atomic mass is 19.1. The fourth-order valence-corrected chi connectivity index (χ4v) is 2.12. The Kier molecular flexibility index (Phi) is 4.06. The molecule has 3 aromatic rings. The Bertz CT molecular complexity index is 807. The van der Waals surface area contributed by atoms with Crippen LogP contribution in [0.4, 0.5) is 4.39 Å². The molecule has 0 saturated heterocycles. The molecule has 0 radical (unpaired) electrons. The van der Waals surface area contributed by atoms with E-state index in [9.17, 15) is 14.3 Å². The smallest absolute Gasteiger partial charge is 0.343 e. The molecular formula is C19H13FO3. The lowest BCUT2D eigenvalue weighted by Crippen LogP contribution is -2.07. The van der Waals surface area contributed by atoms with Crippen molar-refractivity contribution in [3.63, 3.8) is 0 Å². The fraction of sp³-hybridized carbons (Fsp3) is 0. The molecule has 0 bridgehead atoms. The lowest BCUT2D eigenvalue weighted by Gasteiger charge is -2.06. The van der Waals surface area contributed by atoms with Crippen LogP contribution < -0.4 is 4.74 Å². The van der Waals surface area contributed by atoms with Gasteiger partial charge in [-0.15, -0.1) is 0 Å². The maximum Gasteiger partial charge on any atom is 0.343 e. The van der Waals surface area contributed by atoms with Crippen LogP contribution in [0.2, 0.25) is 0 Å². The normalized spacial score (nSPS) is 10.3. The van der Waals surface area contributed by atoms with Crippen molar-refractivity contribution in [1.82, 2.24) is 0 Å². The van der Waals surface area contributed by atoms with Crippen molar-refractivity contribution in [2.45, 2.75) is 0 Å². The summed E-state index contributed by atoms with van der Waals surface area (Å²) in [6.45, 7) is 0. The summed E-state index contributed by atoms with van der Waals surface area (Å²) in [5, 5.41) is 9.21. The number of ether oxygens (including phenoxy) is 1. The first kappa shape index (κ1) is 14.8. The molecule has 4 heteroatoms. The third-order valence-electron chi connectivity index (χ3n) is 3.35. The fourth-order valence-electron chi connectivity index (χ4n) is 2.12. The van der Waals surface area contributed by atoms with Gasteiger partial charge in [-0.2, -0.15) is 0 Å². The number of carbonyl (C=O) groups is 1. The van der Waals surface area contributed by atoms with Gasteiger partial charge in [0.05, 0.1) is 5.56 Å². The average Bonchev–Trinajstić information content (AvgIpc) is 2.57. The Balaban J connectivity index is 1.73. The van der Waals surface area contributed by atoms with Crippen LogP contribution in [0, 0.1) is 5.82 Å². The summed E-state index contributed by atoms with van der Waals surface area (Å²) >= 11 is 0. The van der Waals surface area contributed by atoms with Crippen LogP contribution in [0.15, 0.2) is 72.8 Å². The predicted molar refractivity (Wildman–Crippen MR) is 84.9 cm³/mol. The van der Waals surface area contributed by atoms with Crippen LogP contribution in [-0.2, 0) is 0 Å². The van der Waals surface area contributed by atoms with E-state index in [1.54, 1.807) is 36.4 Å². The molecule has 0 spiro atoms. The minimum atomic E-state index is -0.500. The van der Waals surface area contributed by atoms with Gasteiger partial charge in [0, 0.05) is 0 Å². The number of phenolic OH excluding ortho intramolecular Hbond substituents is 1. The van der Waals surface area contributed by atoms with E-state index in [1.165, 1.54) is 36.4 Å². The van der Waals surface area contributed by atoms with Gasteiger partial charge >= 0.3 is 5.97 Å². The highest BCUT2D eigenvalue weighted by Crippen LogP contribution is 2.23. The van der Waals surface area contributed by atoms with Crippen LogP contribution in [-0.4, -0.2) is 11.1 Å². The molecule has 3 rings (SSSR count). The minimum Gasteiger partial charge on any atom is -0.508 e. The number of phenols is 1. The summed E-state index contributed by atoms with van der Waals surface area (Å²) in [6, 6.07) is 19.0. The van der Waals surface area contributed by atoms with Crippen molar-refractivity contribution in [2.24, 2.45) is 0 Å². The number of hydrogen-bond donors (Lipinski definition) is 1. The van der Waals surface area contributed by atoms with Crippen molar-refractivity contribution in [3.8, 4) is 22.6 Å². The first-order valence-electron chi connectivity index (χ1n) is 6.99. The standard InChI is InChI=1S/C19H13FO3/c20-16-7-1-13(2-8-16)14-5-11-18(12-6-14)23-19(22)15-3-9-17(21)10-4-15/h1-12,21H. The largest absolute Gasteiger partial charge is 0.508 e. The van der Waals surface area contributed by atoms with E-state index in [1.807, 2.05) is 0 Å². The number of carbonyl (C=O) groups excluding carboxylic acids is 1. The molecule has 0 aliphatic carbocycles. The third-order valence-corrected chi connectivity index (χ3v) is 3.35. The van der Waals surface area contributed by atoms with E-state index in [0.29, 0.717) is 11.3 Å². The molecule has 23 heavy (non-hydrogen) atoms. The van der Waals surface area contributed by atoms with E-state index in [-0.39, 0.29) is 11.6 Å². The molecule has 0 atom stereocenters. The maximum atomic E-state index is 12.9. The molecule has 3 aromatic carbocycles. The number of halogens is 1. The summed E-state index contributed by atoms with van der Waals surface area (Å²) in [7, 11) is 0. The van der Waals surface area contributed by atoms with E-state index >= 15 is 0 Å². The third kappa shape index (κ3) is 3.55. The molecule has 0 amide bonds. The Hall–Kier alpha value is -3.14. The zero-order chi connectivity index (χ0) is 16.2. The molecule has 0 unspecified atom stereocenters. The molecule has 0 heterocycles. The number of benzene rings is 3. The Labute approximate surface area is 132 Å². The van der Waals surface area contributed by atoms with Gasteiger partial charge in [-0.1, -0.05) is 24.3 Å². The van der Waals surface area contributed by atoms with Crippen LogP contribution >= 0.6 is 0 Å². The number of aromatic hydroxyl groups is 1. The highest BCUT2D eigenvalue weighted by Gasteiger charge is 2.08. The topological polar surface area (TPSA) is 46.5 Å². The van der Waals surface area contributed by atoms with E-state index < -0.39 is 5.97 Å².